The van der Waals surface area contributed by atoms with Crippen LogP contribution in [-0.2, 0) is 6.42 Å². The smallest absolute Gasteiger partial charge is 0.337 e. The predicted octanol–water partition coefficient (Wildman–Crippen LogP) is 5.60. The molecule has 1 saturated heterocycles. The summed E-state index contributed by atoms with van der Waals surface area (Å²) in [5.41, 5.74) is -1.04. The van der Waals surface area contributed by atoms with E-state index in [9.17, 15) is 41.4 Å². The zero-order chi connectivity index (χ0) is 27.7. The Hall–Kier alpha value is -3.80. The van der Waals surface area contributed by atoms with Crippen LogP contribution in [0, 0.1) is 29.1 Å². The van der Waals surface area contributed by atoms with E-state index in [0.29, 0.717) is 18.4 Å². The van der Waals surface area contributed by atoms with Gasteiger partial charge in [0.25, 0.3) is 5.91 Å². The molecule has 1 atom stereocenters. The number of carboxylic acid groups (broad SMARTS) is 1. The molecule has 4 rings (SSSR count). The second-order valence-electron chi connectivity index (χ2n) is 8.66. The lowest BCUT2D eigenvalue weighted by Crippen LogP contribution is -2.40. The summed E-state index contributed by atoms with van der Waals surface area (Å²) >= 11 is 1.02. The number of hydrogen-bond acceptors (Lipinski definition) is 5. The molecule has 1 fully saturated rings. The van der Waals surface area contributed by atoms with Crippen LogP contribution >= 0.6 is 11.3 Å². The van der Waals surface area contributed by atoms with E-state index < -0.39 is 64.0 Å². The number of piperidine rings is 1. The van der Waals surface area contributed by atoms with Crippen LogP contribution in [0.1, 0.15) is 60.3 Å². The van der Waals surface area contributed by atoms with Gasteiger partial charge in [0, 0.05) is 35.9 Å². The number of ketones is 1. The van der Waals surface area contributed by atoms with E-state index in [4.69, 9.17) is 0 Å². The number of amides is 1. The van der Waals surface area contributed by atoms with Gasteiger partial charge in [0.1, 0.15) is 11.4 Å². The normalized spacial score (nSPS) is 15.4. The van der Waals surface area contributed by atoms with Gasteiger partial charge < -0.3 is 14.7 Å². The minimum Gasteiger partial charge on any atom is -0.491 e. The molecule has 1 aliphatic heterocycles. The van der Waals surface area contributed by atoms with Crippen molar-refractivity contribution in [3.63, 3.8) is 0 Å². The molecule has 200 valence electrons. The van der Waals surface area contributed by atoms with Crippen molar-refractivity contribution >= 4 is 29.0 Å². The summed E-state index contributed by atoms with van der Waals surface area (Å²) in [6.45, 7) is -0.125. The SMILES string of the molecule is COc1c(F)c(F)c(F)c(C(=O)N2CCCC(c3csc(CC(=O)c4cccc(F)c4)c3C(=O)O)C2)c1F. The Kier molecular flexibility index (Phi) is 7.81. The Morgan fingerprint density at radius 2 is 1.79 bits per heavy atom. The van der Waals surface area contributed by atoms with Crippen LogP contribution in [0.3, 0.4) is 0 Å². The lowest BCUT2D eigenvalue weighted by atomic mass is 9.88. The Labute approximate surface area is 217 Å². The highest BCUT2D eigenvalue weighted by molar-refractivity contribution is 7.10. The molecule has 0 radical (unpaired) electrons. The molecule has 2 heterocycles. The number of hydrogen-bond donors (Lipinski definition) is 1. The molecule has 1 aliphatic rings. The summed E-state index contributed by atoms with van der Waals surface area (Å²) < 4.78 is 74.9. The van der Waals surface area contributed by atoms with Crippen molar-refractivity contribution < 1.29 is 46.2 Å². The van der Waals surface area contributed by atoms with Gasteiger partial charge in [-0.3, -0.25) is 9.59 Å². The molecule has 0 spiro atoms. The van der Waals surface area contributed by atoms with Gasteiger partial charge in [-0.05, 0) is 35.9 Å². The number of ether oxygens (including phenoxy) is 1. The predicted molar refractivity (Wildman–Crippen MR) is 126 cm³/mol. The first-order valence-electron chi connectivity index (χ1n) is 11.4. The molecule has 0 saturated carbocycles. The summed E-state index contributed by atoms with van der Waals surface area (Å²) in [6.07, 6.45) is 0.452. The van der Waals surface area contributed by atoms with E-state index in [0.717, 1.165) is 29.4 Å². The quantitative estimate of drug-likeness (QED) is 0.178. The number of rotatable bonds is 7. The van der Waals surface area contributed by atoms with Gasteiger partial charge in [0.05, 0.1) is 12.7 Å². The number of benzene rings is 2. The number of carbonyl (C=O) groups excluding carboxylic acids is 2. The zero-order valence-electron chi connectivity index (χ0n) is 19.8. The number of nitrogens with zero attached hydrogens (tertiary/aromatic N) is 1. The summed E-state index contributed by atoms with van der Waals surface area (Å²) in [6, 6.07) is 5.00. The van der Waals surface area contributed by atoms with Crippen molar-refractivity contribution in [2.75, 3.05) is 20.2 Å². The van der Waals surface area contributed by atoms with E-state index >= 15 is 0 Å². The maximum Gasteiger partial charge on any atom is 0.337 e. The Bertz CT molecular complexity index is 1440. The molecule has 3 aromatic rings. The maximum absolute atomic E-state index is 14.7. The minimum absolute atomic E-state index is 0.0347. The van der Waals surface area contributed by atoms with Gasteiger partial charge in [0.15, 0.2) is 29.0 Å². The summed E-state index contributed by atoms with van der Waals surface area (Å²) in [7, 11) is 0.838. The highest BCUT2D eigenvalue weighted by atomic mass is 32.1. The number of aromatic carboxylic acids is 1. The van der Waals surface area contributed by atoms with Crippen LogP contribution in [0.15, 0.2) is 29.6 Å². The van der Waals surface area contributed by atoms with Gasteiger partial charge in [0.2, 0.25) is 5.82 Å². The number of methoxy groups -OCH3 is 1. The molecule has 1 aromatic heterocycles. The van der Waals surface area contributed by atoms with E-state index in [2.05, 4.69) is 4.74 Å². The van der Waals surface area contributed by atoms with Crippen molar-refractivity contribution in [3.8, 4) is 5.75 Å². The fourth-order valence-electron chi connectivity index (χ4n) is 4.55. The highest BCUT2D eigenvalue weighted by Crippen LogP contribution is 2.37. The Morgan fingerprint density at radius 3 is 2.45 bits per heavy atom. The average molecular weight is 554 g/mol. The Morgan fingerprint density at radius 1 is 1.05 bits per heavy atom. The van der Waals surface area contributed by atoms with Crippen molar-refractivity contribution in [1.82, 2.24) is 4.90 Å². The van der Waals surface area contributed by atoms with Crippen molar-refractivity contribution in [2.24, 2.45) is 0 Å². The molecule has 1 unspecified atom stereocenters. The zero-order valence-corrected chi connectivity index (χ0v) is 20.6. The number of Topliss-reactive ketones (excluding diaryl/α,β-unsaturated/α-hetero) is 1. The molecular weight excluding hydrogens is 533 g/mol. The molecule has 1 N–H and O–H groups in total. The van der Waals surface area contributed by atoms with Gasteiger partial charge in [-0.15, -0.1) is 11.3 Å². The molecule has 38 heavy (non-hydrogen) atoms. The number of carbonyl (C=O) groups is 3. The third-order valence-corrected chi connectivity index (χ3v) is 7.37. The lowest BCUT2D eigenvalue weighted by Gasteiger charge is -2.33. The Balaban J connectivity index is 1.62. The van der Waals surface area contributed by atoms with E-state index in [1.54, 1.807) is 0 Å². The van der Waals surface area contributed by atoms with Crippen LogP contribution < -0.4 is 4.74 Å². The van der Waals surface area contributed by atoms with E-state index in [-0.39, 0.29) is 35.5 Å². The van der Waals surface area contributed by atoms with Crippen LogP contribution in [-0.4, -0.2) is 47.9 Å². The summed E-state index contributed by atoms with van der Waals surface area (Å²) in [4.78, 5) is 39.1. The lowest BCUT2D eigenvalue weighted by molar-refractivity contribution is 0.0688. The molecule has 12 heteroatoms. The third-order valence-electron chi connectivity index (χ3n) is 6.37. The first kappa shape index (κ1) is 27.2. The molecule has 6 nitrogen and oxygen atoms in total. The second kappa shape index (κ2) is 10.9. The standard InChI is InChI=1S/C26H20F5NO5S/c1-37-24-21(29)19(20(28)22(30)23(24)31)25(34)32-7-3-5-13(10-32)15-11-38-17(18(15)26(35)36)9-16(33)12-4-2-6-14(27)8-12/h2,4,6,8,11,13H,3,5,7,9-10H2,1H3,(H,35,36). The third kappa shape index (κ3) is 5.00. The van der Waals surface area contributed by atoms with Gasteiger partial charge >= 0.3 is 5.97 Å². The summed E-state index contributed by atoms with van der Waals surface area (Å²) in [5, 5.41) is 11.4. The first-order valence-corrected chi connectivity index (χ1v) is 12.2. The molecule has 0 aliphatic carbocycles. The van der Waals surface area contributed by atoms with Crippen LogP contribution in [0.2, 0.25) is 0 Å². The minimum atomic E-state index is -2.06. The van der Waals surface area contributed by atoms with Crippen LogP contribution in [0.5, 0.6) is 5.75 Å². The van der Waals surface area contributed by atoms with Crippen molar-refractivity contribution in [3.05, 3.63) is 85.9 Å². The molecule has 2 aromatic carbocycles. The van der Waals surface area contributed by atoms with E-state index in [1.165, 1.54) is 23.6 Å². The average Bonchev–Trinajstić information content (AvgIpc) is 3.31. The maximum atomic E-state index is 14.7. The van der Waals surface area contributed by atoms with Gasteiger partial charge in [-0.1, -0.05) is 12.1 Å². The number of thiophene rings is 1. The topological polar surface area (TPSA) is 83.9 Å². The fraction of sp³-hybridized carbons (Fsp3) is 0.269. The molecule has 0 bridgehead atoms. The number of carboxylic acids is 1. The number of halogens is 5. The first-order chi connectivity index (χ1) is 18.0. The highest BCUT2D eigenvalue weighted by Gasteiger charge is 2.36. The van der Waals surface area contributed by atoms with Crippen LogP contribution in [0.25, 0.3) is 0 Å². The largest absolute Gasteiger partial charge is 0.491 e. The van der Waals surface area contributed by atoms with Gasteiger partial charge in [-0.25, -0.2) is 22.4 Å². The summed E-state index contributed by atoms with van der Waals surface area (Å²) in [5.74, 6) is -13.1. The van der Waals surface area contributed by atoms with Gasteiger partial charge in [-0.2, -0.15) is 4.39 Å². The van der Waals surface area contributed by atoms with Crippen molar-refractivity contribution in [1.29, 1.82) is 0 Å². The van der Waals surface area contributed by atoms with Crippen LogP contribution in [0.4, 0.5) is 22.0 Å². The molecular formula is C26H20F5NO5S. The number of likely N-dealkylation sites (tertiary alicyclic amines) is 1. The monoisotopic (exact) mass is 553 g/mol. The molecule has 1 amide bonds. The van der Waals surface area contributed by atoms with E-state index in [1.807, 2.05) is 0 Å². The van der Waals surface area contributed by atoms with Crippen molar-refractivity contribution in [2.45, 2.75) is 25.2 Å². The fourth-order valence-corrected chi connectivity index (χ4v) is 5.67. The second-order valence-corrected chi connectivity index (χ2v) is 9.62.